The van der Waals surface area contributed by atoms with Crippen LogP contribution >= 0.6 is 0 Å². The fourth-order valence-corrected chi connectivity index (χ4v) is 1.05. The minimum Gasteiger partial charge on any atom is -0.481 e. The summed E-state index contributed by atoms with van der Waals surface area (Å²) in [6, 6.07) is -0.0869. The summed E-state index contributed by atoms with van der Waals surface area (Å²) in [7, 11) is 0. The molecule has 0 aliphatic carbocycles. The number of aliphatic carboxylic acids is 1. The van der Waals surface area contributed by atoms with Gasteiger partial charge in [-0.05, 0) is 6.42 Å². The minimum absolute atomic E-state index is 0.0289. The second-order valence-electron chi connectivity index (χ2n) is 2.46. The lowest BCUT2D eigenvalue weighted by atomic mass is 10.1. The molecule has 4 heteroatoms. The van der Waals surface area contributed by atoms with Gasteiger partial charge in [0.25, 0.3) is 0 Å². The van der Waals surface area contributed by atoms with Gasteiger partial charge in [0, 0.05) is 12.6 Å². The van der Waals surface area contributed by atoms with Crippen LogP contribution in [0.3, 0.4) is 0 Å². The zero-order chi connectivity index (χ0) is 7.56. The van der Waals surface area contributed by atoms with E-state index in [1.165, 1.54) is 0 Å². The third-order valence-electron chi connectivity index (χ3n) is 1.64. The molecular formula is C6H11NO3. The fourth-order valence-electron chi connectivity index (χ4n) is 1.05. The van der Waals surface area contributed by atoms with Gasteiger partial charge in [-0.1, -0.05) is 0 Å². The molecule has 0 spiro atoms. The van der Waals surface area contributed by atoms with Crippen molar-refractivity contribution in [3.63, 3.8) is 0 Å². The van der Waals surface area contributed by atoms with Crippen molar-refractivity contribution in [3.05, 3.63) is 0 Å². The molecule has 4 nitrogen and oxygen atoms in total. The van der Waals surface area contributed by atoms with E-state index in [4.69, 9.17) is 15.6 Å². The molecule has 2 unspecified atom stereocenters. The van der Waals surface area contributed by atoms with Crippen molar-refractivity contribution >= 4 is 5.97 Å². The summed E-state index contributed by atoms with van der Waals surface area (Å²) in [4.78, 5) is 10.2. The Bertz CT molecular complexity index is 137. The van der Waals surface area contributed by atoms with Crippen LogP contribution in [0, 0.1) is 0 Å². The topological polar surface area (TPSA) is 72.5 Å². The first kappa shape index (κ1) is 7.50. The molecular weight excluding hydrogens is 134 g/mol. The molecule has 0 aromatic carbocycles. The van der Waals surface area contributed by atoms with Crippen LogP contribution in [0.2, 0.25) is 0 Å². The third kappa shape index (κ3) is 1.68. The highest BCUT2D eigenvalue weighted by Gasteiger charge is 2.26. The SMILES string of the molecule is NC1CCOC1CC(=O)O. The average Bonchev–Trinajstić information content (AvgIpc) is 2.15. The lowest BCUT2D eigenvalue weighted by Gasteiger charge is -2.10. The Kier molecular flexibility index (Phi) is 2.24. The van der Waals surface area contributed by atoms with E-state index in [1.54, 1.807) is 0 Å². The molecule has 0 aromatic heterocycles. The quantitative estimate of drug-likeness (QED) is 0.553. The summed E-state index contributed by atoms with van der Waals surface area (Å²) >= 11 is 0. The van der Waals surface area contributed by atoms with E-state index in [1.807, 2.05) is 0 Å². The third-order valence-corrected chi connectivity index (χ3v) is 1.64. The second-order valence-corrected chi connectivity index (χ2v) is 2.46. The predicted molar refractivity (Wildman–Crippen MR) is 34.6 cm³/mol. The van der Waals surface area contributed by atoms with Crippen molar-refractivity contribution in [1.29, 1.82) is 0 Å². The maximum Gasteiger partial charge on any atom is 0.306 e. The summed E-state index contributed by atoms with van der Waals surface area (Å²) < 4.78 is 5.07. The Morgan fingerprint density at radius 1 is 1.80 bits per heavy atom. The largest absolute Gasteiger partial charge is 0.481 e. The van der Waals surface area contributed by atoms with Gasteiger partial charge in [-0.15, -0.1) is 0 Å². The standard InChI is InChI=1S/C6H11NO3/c7-4-1-2-10-5(4)3-6(8)9/h4-5H,1-3,7H2,(H,8,9). The number of ether oxygens (including phenoxy) is 1. The molecule has 1 fully saturated rings. The lowest BCUT2D eigenvalue weighted by Crippen LogP contribution is -2.31. The smallest absolute Gasteiger partial charge is 0.306 e. The lowest BCUT2D eigenvalue weighted by molar-refractivity contribution is -0.139. The van der Waals surface area contributed by atoms with Crippen LogP contribution in [0.1, 0.15) is 12.8 Å². The summed E-state index contributed by atoms with van der Waals surface area (Å²) in [6.45, 7) is 0.596. The molecule has 0 radical (unpaired) electrons. The van der Waals surface area contributed by atoms with Gasteiger partial charge in [-0.25, -0.2) is 0 Å². The number of rotatable bonds is 2. The van der Waals surface area contributed by atoms with E-state index >= 15 is 0 Å². The maximum atomic E-state index is 10.2. The number of carboxylic acids is 1. The fraction of sp³-hybridized carbons (Fsp3) is 0.833. The Morgan fingerprint density at radius 2 is 2.50 bits per heavy atom. The Labute approximate surface area is 59.0 Å². The van der Waals surface area contributed by atoms with Crippen LogP contribution in [0.4, 0.5) is 0 Å². The van der Waals surface area contributed by atoms with Crippen molar-refractivity contribution in [1.82, 2.24) is 0 Å². The molecule has 3 N–H and O–H groups in total. The van der Waals surface area contributed by atoms with Crippen LogP contribution in [0.25, 0.3) is 0 Å². The average molecular weight is 145 g/mol. The van der Waals surface area contributed by atoms with Crippen molar-refractivity contribution < 1.29 is 14.6 Å². The molecule has 1 heterocycles. The first-order chi connectivity index (χ1) is 4.70. The van der Waals surface area contributed by atoms with Gasteiger partial charge in [0.2, 0.25) is 0 Å². The molecule has 1 aliphatic rings. The normalized spacial score (nSPS) is 32.5. The van der Waals surface area contributed by atoms with Crippen molar-refractivity contribution in [3.8, 4) is 0 Å². The zero-order valence-corrected chi connectivity index (χ0v) is 5.62. The van der Waals surface area contributed by atoms with E-state index in [9.17, 15) is 4.79 Å². The van der Waals surface area contributed by atoms with Gasteiger partial charge in [-0.2, -0.15) is 0 Å². The van der Waals surface area contributed by atoms with Gasteiger partial charge < -0.3 is 15.6 Å². The van der Waals surface area contributed by atoms with E-state index in [-0.39, 0.29) is 18.6 Å². The summed E-state index contributed by atoms with van der Waals surface area (Å²) in [5, 5.41) is 8.36. The summed E-state index contributed by atoms with van der Waals surface area (Å²) in [5.74, 6) is -0.845. The van der Waals surface area contributed by atoms with Gasteiger partial charge in [0.1, 0.15) is 0 Å². The van der Waals surface area contributed by atoms with Crippen LogP contribution in [-0.2, 0) is 9.53 Å². The van der Waals surface area contributed by atoms with E-state index in [0.29, 0.717) is 6.61 Å². The van der Waals surface area contributed by atoms with E-state index < -0.39 is 5.97 Å². The molecule has 2 atom stereocenters. The van der Waals surface area contributed by atoms with Gasteiger partial charge >= 0.3 is 5.97 Å². The molecule has 0 amide bonds. The molecule has 0 aromatic rings. The predicted octanol–water partition coefficient (Wildman–Crippen LogP) is -0.423. The summed E-state index contributed by atoms with van der Waals surface area (Å²) in [5.41, 5.74) is 5.54. The van der Waals surface area contributed by atoms with E-state index in [2.05, 4.69) is 0 Å². The van der Waals surface area contributed by atoms with Crippen LogP contribution in [0.15, 0.2) is 0 Å². The van der Waals surface area contributed by atoms with Gasteiger partial charge in [-0.3, -0.25) is 4.79 Å². The highest BCUT2D eigenvalue weighted by Crippen LogP contribution is 2.13. The maximum absolute atomic E-state index is 10.2. The molecule has 0 bridgehead atoms. The minimum atomic E-state index is -0.845. The van der Waals surface area contributed by atoms with Gasteiger partial charge in [0.15, 0.2) is 0 Å². The van der Waals surface area contributed by atoms with Gasteiger partial charge in [0.05, 0.1) is 12.5 Å². The number of nitrogens with two attached hydrogens (primary N) is 1. The summed E-state index contributed by atoms with van der Waals surface area (Å²) in [6.07, 6.45) is 0.538. The Morgan fingerprint density at radius 3 is 2.90 bits per heavy atom. The number of carbonyl (C=O) groups is 1. The number of hydrogen-bond acceptors (Lipinski definition) is 3. The van der Waals surface area contributed by atoms with Crippen LogP contribution in [0.5, 0.6) is 0 Å². The number of carboxylic acid groups (broad SMARTS) is 1. The highest BCUT2D eigenvalue weighted by molar-refractivity contribution is 5.67. The van der Waals surface area contributed by atoms with E-state index in [0.717, 1.165) is 6.42 Å². The molecule has 1 aliphatic heterocycles. The second kappa shape index (κ2) is 2.98. The Hall–Kier alpha value is -0.610. The molecule has 0 saturated carbocycles. The van der Waals surface area contributed by atoms with Crippen molar-refractivity contribution in [2.75, 3.05) is 6.61 Å². The van der Waals surface area contributed by atoms with Crippen molar-refractivity contribution in [2.45, 2.75) is 25.0 Å². The Balaban J connectivity index is 2.33. The molecule has 58 valence electrons. The highest BCUT2D eigenvalue weighted by atomic mass is 16.5. The van der Waals surface area contributed by atoms with Crippen molar-refractivity contribution in [2.24, 2.45) is 5.73 Å². The molecule has 1 rings (SSSR count). The molecule has 10 heavy (non-hydrogen) atoms. The number of hydrogen-bond donors (Lipinski definition) is 2. The zero-order valence-electron chi connectivity index (χ0n) is 5.62. The monoisotopic (exact) mass is 145 g/mol. The van der Waals surface area contributed by atoms with Crippen LogP contribution in [-0.4, -0.2) is 29.8 Å². The first-order valence-corrected chi connectivity index (χ1v) is 3.29. The first-order valence-electron chi connectivity index (χ1n) is 3.29. The molecule has 1 saturated heterocycles. The van der Waals surface area contributed by atoms with Crippen LogP contribution < -0.4 is 5.73 Å².